The van der Waals surface area contributed by atoms with E-state index >= 15 is 0 Å². The number of aromatic nitrogens is 3. The van der Waals surface area contributed by atoms with Crippen molar-refractivity contribution >= 4 is 17.2 Å². The van der Waals surface area contributed by atoms with Crippen LogP contribution in [-0.2, 0) is 12.8 Å². The maximum atomic E-state index is 12.6. The van der Waals surface area contributed by atoms with E-state index in [0.717, 1.165) is 44.1 Å². The molecule has 0 atom stereocenters. The fraction of sp³-hybridized carbons (Fsp3) is 0.588. The Morgan fingerprint density at radius 2 is 2.04 bits per heavy atom. The summed E-state index contributed by atoms with van der Waals surface area (Å²) in [7, 11) is 0. The molecular formula is C17H22N4OS. The predicted molar refractivity (Wildman–Crippen MR) is 89.7 cm³/mol. The minimum Gasteiger partial charge on any atom is -0.349 e. The van der Waals surface area contributed by atoms with Crippen LogP contribution in [0.5, 0.6) is 0 Å². The Bertz CT molecular complexity index is 671. The molecule has 6 heteroatoms. The smallest absolute Gasteiger partial charge is 0.252 e. The van der Waals surface area contributed by atoms with Crippen molar-refractivity contribution in [1.29, 1.82) is 0 Å². The summed E-state index contributed by atoms with van der Waals surface area (Å²) in [5.74, 6) is 0.133. The quantitative estimate of drug-likeness (QED) is 0.940. The van der Waals surface area contributed by atoms with E-state index in [2.05, 4.69) is 20.8 Å². The molecule has 0 radical (unpaired) electrons. The van der Waals surface area contributed by atoms with Gasteiger partial charge in [-0.05, 0) is 56.9 Å². The van der Waals surface area contributed by atoms with Crippen molar-refractivity contribution in [2.24, 2.45) is 0 Å². The topological polar surface area (TPSA) is 59.8 Å². The second-order valence-corrected chi connectivity index (χ2v) is 7.58. The Balaban J connectivity index is 1.36. The van der Waals surface area contributed by atoms with Crippen LogP contribution in [-0.4, -0.2) is 26.7 Å². The zero-order valence-electron chi connectivity index (χ0n) is 13.2. The molecule has 1 N–H and O–H groups in total. The standard InChI is InChI=1S/C17H22N4OS/c22-17(15-9-23-16-4-2-1-3-14(15)16)20-12-5-7-13(8-6-12)21-11-18-10-19-21/h9-13H,1-8H2,(H,20,22). The van der Waals surface area contributed by atoms with Crippen molar-refractivity contribution in [3.8, 4) is 0 Å². The summed E-state index contributed by atoms with van der Waals surface area (Å²) < 4.78 is 1.95. The van der Waals surface area contributed by atoms with E-state index < -0.39 is 0 Å². The molecule has 0 bridgehead atoms. The molecule has 2 aliphatic carbocycles. The molecule has 0 saturated heterocycles. The lowest BCUT2D eigenvalue weighted by Crippen LogP contribution is -2.38. The van der Waals surface area contributed by atoms with Gasteiger partial charge in [0.2, 0.25) is 0 Å². The molecule has 2 heterocycles. The summed E-state index contributed by atoms with van der Waals surface area (Å²) in [4.78, 5) is 18.1. The molecule has 1 fully saturated rings. The van der Waals surface area contributed by atoms with Gasteiger partial charge >= 0.3 is 0 Å². The van der Waals surface area contributed by atoms with E-state index in [1.54, 1.807) is 24.0 Å². The van der Waals surface area contributed by atoms with Gasteiger partial charge < -0.3 is 5.32 Å². The van der Waals surface area contributed by atoms with E-state index in [1.807, 2.05) is 4.68 Å². The average Bonchev–Trinajstić information content (AvgIpc) is 3.25. The summed E-state index contributed by atoms with van der Waals surface area (Å²) in [5, 5.41) is 9.56. The summed E-state index contributed by atoms with van der Waals surface area (Å²) in [6.45, 7) is 0. The van der Waals surface area contributed by atoms with Crippen molar-refractivity contribution in [3.05, 3.63) is 34.0 Å². The molecule has 1 saturated carbocycles. The third kappa shape index (κ3) is 3.04. The van der Waals surface area contributed by atoms with Crippen molar-refractivity contribution < 1.29 is 4.79 Å². The van der Waals surface area contributed by atoms with Gasteiger partial charge in [-0.3, -0.25) is 4.79 Å². The maximum Gasteiger partial charge on any atom is 0.252 e. The Morgan fingerprint density at radius 3 is 2.83 bits per heavy atom. The van der Waals surface area contributed by atoms with Crippen molar-refractivity contribution in [2.75, 3.05) is 0 Å². The lowest BCUT2D eigenvalue weighted by Gasteiger charge is -2.29. The number of carbonyl (C=O) groups is 1. The number of amides is 1. The molecule has 2 aliphatic rings. The first-order valence-electron chi connectivity index (χ1n) is 8.55. The van der Waals surface area contributed by atoms with Crippen LogP contribution < -0.4 is 5.32 Å². The summed E-state index contributed by atoms with van der Waals surface area (Å²) in [5.41, 5.74) is 2.25. The monoisotopic (exact) mass is 330 g/mol. The Kier molecular flexibility index (Phi) is 4.16. The molecule has 23 heavy (non-hydrogen) atoms. The minimum absolute atomic E-state index is 0.133. The fourth-order valence-electron chi connectivity index (χ4n) is 3.84. The number of nitrogens with one attached hydrogen (secondary N) is 1. The van der Waals surface area contributed by atoms with Crippen LogP contribution in [0.2, 0.25) is 0 Å². The first kappa shape index (κ1) is 14.9. The van der Waals surface area contributed by atoms with E-state index in [-0.39, 0.29) is 5.91 Å². The number of rotatable bonds is 3. The number of hydrogen-bond donors (Lipinski definition) is 1. The Hall–Kier alpha value is -1.69. The van der Waals surface area contributed by atoms with Crippen LogP contribution in [0.15, 0.2) is 18.0 Å². The van der Waals surface area contributed by atoms with E-state index in [9.17, 15) is 4.79 Å². The van der Waals surface area contributed by atoms with Gasteiger partial charge in [-0.1, -0.05) is 0 Å². The zero-order valence-corrected chi connectivity index (χ0v) is 14.0. The molecule has 0 unspecified atom stereocenters. The van der Waals surface area contributed by atoms with Crippen LogP contribution in [0, 0.1) is 0 Å². The molecular weight excluding hydrogens is 308 g/mol. The molecule has 2 aromatic heterocycles. The molecule has 5 nitrogen and oxygen atoms in total. The molecule has 4 rings (SSSR count). The Morgan fingerprint density at radius 1 is 1.22 bits per heavy atom. The average molecular weight is 330 g/mol. The lowest BCUT2D eigenvalue weighted by molar-refractivity contribution is 0.0921. The lowest BCUT2D eigenvalue weighted by atomic mass is 9.90. The van der Waals surface area contributed by atoms with Crippen LogP contribution >= 0.6 is 11.3 Å². The van der Waals surface area contributed by atoms with Crippen LogP contribution in [0.1, 0.15) is 65.4 Å². The first-order valence-corrected chi connectivity index (χ1v) is 9.43. The molecule has 0 aromatic carbocycles. The zero-order chi connectivity index (χ0) is 15.6. The second-order valence-electron chi connectivity index (χ2n) is 6.61. The maximum absolute atomic E-state index is 12.6. The van der Waals surface area contributed by atoms with Gasteiger partial charge in [0.25, 0.3) is 5.91 Å². The van der Waals surface area contributed by atoms with Gasteiger partial charge in [0.05, 0.1) is 11.6 Å². The molecule has 122 valence electrons. The number of aryl methyl sites for hydroxylation is 1. The van der Waals surface area contributed by atoms with Gasteiger partial charge in [-0.25, -0.2) is 9.67 Å². The molecule has 1 amide bonds. The number of fused-ring (bicyclic) bond motifs is 1. The highest BCUT2D eigenvalue weighted by Crippen LogP contribution is 2.31. The van der Waals surface area contributed by atoms with Gasteiger partial charge in [0.15, 0.2) is 0 Å². The van der Waals surface area contributed by atoms with Gasteiger partial charge in [0, 0.05) is 16.3 Å². The SMILES string of the molecule is O=C(NC1CCC(n2cncn2)CC1)c1csc2c1CCCC2. The summed E-state index contributed by atoms with van der Waals surface area (Å²) >= 11 is 1.76. The Labute approximate surface area is 140 Å². The minimum atomic E-state index is 0.133. The third-order valence-corrected chi connectivity index (χ3v) is 6.24. The highest BCUT2D eigenvalue weighted by Gasteiger charge is 2.26. The van der Waals surface area contributed by atoms with Gasteiger partial charge in [-0.2, -0.15) is 5.10 Å². The second kappa shape index (κ2) is 6.43. The van der Waals surface area contributed by atoms with E-state index in [1.165, 1.54) is 23.3 Å². The van der Waals surface area contributed by atoms with Gasteiger partial charge in [-0.15, -0.1) is 11.3 Å². The van der Waals surface area contributed by atoms with E-state index in [0.29, 0.717) is 12.1 Å². The molecule has 0 spiro atoms. The fourth-order valence-corrected chi connectivity index (χ4v) is 4.96. The highest BCUT2D eigenvalue weighted by molar-refractivity contribution is 7.10. The van der Waals surface area contributed by atoms with Crippen molar-refractivity contribution in [3.63, 3.8) is 0 Å². The summed E-state index contributed by atoms with van der Waals surface area (Å²) in [6, 6.07) is 0.723. The van der Waals surface area contributed by atoms with Crippen molar-refractivity contribution in [2.45, 2.75) is 63.5 Å². The number of carbonyl (C=O) groups excluding carboxylic acids is 1. The van der Waals surface area contributed by atoms with Crippen LogP contribution in [0.25, 0.3) is 0 Å². The van der Waals surface area contributed by atoms with Crippen molar-refractivity contribution in [1.82, 2.24) is 20.1 Å². The number of nitrogens with zero attached hydrogens (tertiary/aromatic N) is 3. The largest absolute Gasteiger partial charge is 0.349 e. The number of hydrogen-bond acceptors (Lipinski definition) is 4. The summed E-state index contributed by atoms with van der Waals surface area (Å²) in [6.07, 6.45) is 12.2. The normalized spacial score (nSPS) is 24.2. The highest BCUT2D eigenvalue weighted by atomic mass is 32.1. The number of thiophene rings is 1. The van der Waals surface area contributed by atoms with Gasteiger partial charge in [0.1, 0.15) is 12.7 Å². The molecule has 0 aliphatic heterocycles. The van der Waals surface area contributed by atoms with Crippen LogP contribution in [0.3, 0.4) is 0 Å². The predicted octanol–water partition coefficient (Wildman–Crippen LogP) is 3.13. The third-order valence-electron chi connectivity index (χ3n) is 5.15. The first-order chi connectivity index (χ1) is 11.3. The molecule has 2 aromatic rings. The van der Waals surface area contributed by atoms with E-state index in [4.69, 9.17) is 0 Å². The van der Waals surface area contributed by atoms with Crippen LogP contribution in [0.4, 0.5) is 0 Å².